The first-order valence-corrected chi connectivity index (χ1v) is 44.0. The summed E-state index contributed by atoms with van der Waals surface area (Å²) in [5.41, 5.74) is 19.4. The second-order valence-corrected chi connectivity index (χ2v) is 43.0. The van der Waals surface area contributed by atoms with Gasteiger partial charge in [0.25, 0.3) is 6.01 Å². The van der Waals surface area contributed by atoms with Crippen molar-refractivity contribution in [2.45, 2.75) is 60.1 Å². The molecule has 0 fully saturated rings. The Morgan fingerprint density at radius 2 is 0.837 bits per heavy atom. The number of benzene rings is 13. The maximum atomic E-state index is 5.90. The number of aryl methyl sites for hydroxylation is 3. The molecule has 0 bridgehead atoms. The number of thiazole rings is 2. The van der Waals surface area contributed by atoms with Gasteiger partial charge in [-0.05, 0) is 154 Å². The Kier molecular flexibility index (Phi) is 14.6. The van der Waals surface area contributed by atoms with Crippen LogP contribution < -0.4 is 36.0 Å². The summed E-state index contributed by atoms with van der Waals surface area (Å²) >= 11 is 3.45. The van der Waals surface area contributed by atoms with E-state index in [-0.39, 0.29) is 0 Å². The third-order valence-electron chi connectivity index (χ3n) is 20.5. The van der Waals surface area contributed by atoms with Gasteiger partial charge in [0, 0.05) is 48.0 Å². The van der Waals surface area contributed by atoms with E-state index in [9.17, 15) is 0 Å². The van der Waals surface area contributed by atoms with Crippen LogP contribution in [0.5, 0.6) is 0 Å². The number of anilines is 1. The molecule has 0 amide bonds. The van der Waals surface area contributed by atoms with Crippen molar-refractivity contribution in [3.8, 4) is 33.4 Å². The lowest BCUT2D eigenvalue weighted by Gasteiger charge is -2.19. The zero-order valence-electron chi connectivity index (χ0n) is 56.6. The van der Waals surface area contributed by atoms with E-state index in [4.69, 9.17) is 18.2 Å². The molecule has 98 heavy (non-hydrogen) atoms. The van der Waals surface area contributed by atoms with E-state index in [1.165, 1.54) is 140 Å². The Labute approximate surface area is 578 Å². The minimum Gasteiger partial charge on any atom is -0.443 e. The fourth-order valence-corrected chi connectivity index (χ4v) is 26.3. The molecule has 0 atom stereocenters. The summed E-state index contributed by atoms with van der Waals surface area (Å²) in [6.45, 7) is 20.7. The van der Waals surface area contributed by atoms with Crippen LogP contribution in [0.1, 0.15) is 16.5 Å². The van der Waals surface area contributed by atoms with Crippen LogP contribution in [-0.4, -0.2) is 63.2 Å². The fraction of sp³-hybridized carbons (Fsp3) is 0.131. The summed E-state index contributed by atoms with van der Waals surface area (Å²) in [5.74, 6) is 0.729. The number of rotatable bonds is 1. The fourth-order valence-electron chi connectivity index (χ4n) is 15.5. The Morgan fingerprint density at radius 3 is 1.43 bits per heavy atom. The minimum atomic E-state index is -1.67. The molecule has 0 saturated carbocycles. The smallest absolute Gasteiger partial charge is 0.297 e. The average molecular weight is 1360 g/mol. The van der Waals surface area contributed by atoms with Crippen LogP contribution in [-0.2, 0) is 0 Å². The molecule has 478 valence electrons. The van der Waals surface area contributed by atoms with Crippen LogP contribution in [0.4, 0.5) is 6.01 Å². The molecule has 8 heterocycles. The molecule has 3 aliphatic rings. The molecular weight excluding hydrogens is 1290 g/mol. The zero-order chi connectivity index (χ0) is 67.1. The van der Waals surface area contributed by atoms with Gasteiger partial charge in [0.2, 0.25) is 0 Å². The molecule has 18 aromatic rings. The van der Waals surface area contributed by atoms with Crippen LogP contribution in [0, 0.1) is 20.8 Å². The predicted octanol–water partition coefficient (Wildman–Crippen LogP) is 19.2. The van der Waals surface area contributed by atoms with Crippen molar-refractivity contribution in [3.05, 3.63) is 241 Å². The lowest BCUT2D eigenvalue weighted by Crippen LogP contribution is -2.49. The van der Waals surface area contributed by atoms with Crippen LogP contribution in [0.25, 0.3) is 141 Å². The summed E-state index contributed by atoms with van der Waals surface area (Å²) in [6.07, 6.45) is 1.54. The van der Waals surface area contributed by atoms with E-state index in [2.05, 4.69) is 267 Å². The van der Waals surface area contributed by atoms with Crippen molar-refractivity contribution >= 4 is 192 Å². The second-order valence-electron chi connectivity index (χ2n) is 27.9. The maximum absolute atomic E-state index is 5.90. The van der Waals surface area contributed by atoms with E-state index in [1.807, 2.05) is 49.6 Å². The Morgan fingerprint density at radius 1 is 0.357 bits per heavy atom. The van der Waals surface area contributed by atoms with Crippen LogP contribution >= 0.6 is 22.7 Å². The highest BCUT2D eigenvalue weighted by molar-refractivity contribution is 7.18. The van der Waals surface area contributed by atoms with Crippen LogP contribution in [0.2, 0.25) is 39.3 Å². The highest BCUT2D eigenvalue weighted by Gasteiger charge is 2.40. The van der Waals surface area contributed by atoms with Gasteiger partial charge in [-0.3, -0.25) is 0 Å². The van der Waals surface area contributed by atoms with Gasteiger partial charge in [-0.15, -0.1) is 22.7 Å². The van der Waals surface area contributed by atoms with Gasteiger partial charge < -0.3 is 18.2 Å². The number of hydrogen-bond donors (Lipinski definition) is 0. The maximum Gasteiger partial charge on any atom is 0.297 e. The van der Waals surface area contributed by atoms with E-state index in [0.717, 1.165) is 55.2 Å². The molecule has 0 unspecified atom stereocenters. The van der Waals surface area contributed by atoms with Gasteiger partial charge in [-0.1, -0.05) is 209 Å². The Bertz CT molecular complexity index is 6290. The second kappa shape index (κ2) is 23.2. The molecule has 14 heteroatoms. The lowest BCUT2D eigenvalue weighted by atomic mass is 10.0. The van der Waals surface area contributed by atoms with Gasteiger partial charge in [-0.25, -0.2) is 19.9 Å². The molecule has 0 radical (unpaired) electrons. The highest BCUT2D eigenvalue weighted by Crippen LogP contribution is 2.39. The molecule has 0 N–H and O–H groups in total. The van der Waals surface area contributed by atoms with E-state index in [1.54, 1.807) is 22.7 Å². The van der Waals surface area contributed by atoms with Crippen molar-refractivity contribution in [2.24, 2.45) is 0 Å². The first-order chi connectivity index (χ1) is 47.4. The average Bonchev–Trinajstić information content (AvgIpc) is 1.58. The van der Waals surface area contributed by atoms with Crippen molar-refractivity contribution in [2.75, 3.05) is 19.0 Å². The molecule has 5 aromatic heterocycles. The van der Waals surface area contributed by atoms with Crippen molar-refractivity contribution < 1.29 is 13.3 Å². The number of oxazole rings is 3. The van der Waals surface area contributed by atoms with Gasteiger partial charge in [0.15, 0.2) is 29.0 Å². The first kappa shape index (κ1) is 61.4. The van der Waals surface area contributed by atoms with Gasteiger partial charge in [0.1, 0.15) is 40.8 Å². The van der Waals surface area contributed by atoms with Gasteiger partial charge in [0.05, 0.1) is 31.0 Å². The number of fused-ring (bicyclic) bond motifs is 24. The molecule has 13 aromatic carbocycles. The molecule has 0 spiro atoms. The highest BCUT2D eigenvalue weighted by atomic mass is 32.1. The van der Waals surface area contributed by atoms with Crippen LogP contribution in [0.3, 0.4) is 0 Å². The number of hydrogen-bond acceptors (Lipinski definition) is 11. The van der Waals surface area contributed by atoms with Crippen molar-refractivity contribution in [1.29, 1.82) is 0 Å². The van der Waals surface area contributed by atoms with Gasteiger partial charge >= 0.3 is 0 Å². The molecule has 0 aliphatic carbocycles. The standard InChI is InChI=1S/C21H20N2OSi.C20H17NOSi.C19H15NOSi.C13H11NS.C11H7NS/c1-23(2)21-22-20-15-12-19-16(11-13(15)9-10-17(20)24-21)14-7-5-6-8-18(14)25(19,3)4;1-12-21-20-15-11-19-16(10-13(15)8-9-17(20)22-12)14-6-4-5-7-18(14)23(19,2)3;1-22(2)17-6-4-3-5-13(17)15-9-12-7-8-16-19(20-11-21-16)14(12)10-18(15)22;1-8-3-5-11-10(7-8)4-6-12-13(11)14-9(2)15-12;1-2-4-9-8(3-1)5-6-10-11(9)12-7-13-10/h5-12H,1-4H3;4-11H,1-3H3;3-11H,1-2H3;3-7H,1-2H3;1-7H. The molecular formula is C84H70N6O3S2Si3. The topological polar surface area (TPSA) is 107 Å². The summed E-state index contributed by atoms with van der Waals surface area (Å²) in [7, 11) is -1.02. The molecule has 9 nitrogen and oxygen atoms in total. The van der Waals surface area contributed by atoms with Crippen molar-refractivity contribution in [3.63, 3.8) is 0 Å². The molecule has 21 rings (SSSR count). The minimum absolute atomic E-state index is 0.655. The summed E-state index contributed by atoms with van der Waals surface area (Å²) in [4.78, 5) is 24.6. The largest absolute Gasteiger partial charge is 0.443 e. The normalized spacial score (nSPS) is 13.9. The Hall–Kier alpha value is -10.2. The van der Waals surface area contributed by atoms with Gasteiger partial charge in [-0.2, -0.15) is 4.98 Å². The van der Waals surface area contributed by atoms with E-state index in [0.29, 0.717) is 6.01 Å². The monoisotopic (exact) mass is 1360 g/mol. The molecule has 0 saturated heterocycles. The van der Waals surface area contributed by atoms with E-state index < -0.39 is 24.2 Å². The lowest BCUT2D eigenvalue weighted by molar-refractivity contribution is 0.561. The number of nitrogens with zero attached hydrogens (tertiary/aromatic N) is 6. The quantitative estimate of drug-likeness (QED) is 0.149. The third kappa shape index (κ3) is 10.0. The zero-order valence-corrected chi connectivity index (χ0v) is 61.2. The van der Waals surface area contributed by atoms with E-state index >= 15 is 0 Å². The first-order valence-electron chi connectivity index (χ1n) is 33.3. The predicted molar refractivity (Wildman–Crippen MR) is 424 cm³/mol. The molecule has 3 aliphatic heterocycles. The third-order valence-corrected chi connectivity index (χ3v) is 32.9. The summed E-state index contributed by atoms with van der Waals surface area (Å²) < 4.78 is 19.6. The van der Waals surface area contributed by atoms with Crippen molar-refractivity contribution in [1.82, 2.24) is 24.9 Å². The van der Waals surface area contributed by atoms with Crippen LogP contribution in [0.15, 0.2) is 237 Å². The Balaban J connectivity index is 0.0000000938. The summed E-state index contributed by atoms with van der Waals surface area (Å²) in [5, 5.41) is 22.7. The SMILES string of the molecule is CN(C)c1nc2c(ccc3cc4c(cc32)[Si](C)(C)c2ccccc2-4)o1.C[Si]1(C)c2ccccc2-c2cc3ccc4ocnc4c3cc21.Cc1ccc2c(ccc3sc(C)nc32)c1.Cc1nc2c(ccc3cc4c(cc32)[Si](C)(C)c2ccccc2-4)o1.c1ccc2c(c1)ccc1scnc12. The number of aromatic nitrogens is 5. The summed E-state index contributed by atoms with van der Waals surface area (Å²) in [6, 6.07) is 77.5.